The van der Waals surface area contributed by atoms with Crippen molar-refractivity contribution in [2.45, 2.75) is 53.0 Å². The van der Waals surface area contributed by atoms with E-state index >= 15 is 0 Å². The number of hydrogen-bond acceptors (Lipinski definition) is 5. The lowest BCUT2D eigenvalue weighted by atomic mass is 10.1. The van der Waals surface area contributed by atoms with Crippen LogP contribution in [0.3, 0.4) is 0 Å². The molecule has 5 heteroatoms. The molecule has 2 aromatic heterocycles. The number of nitrogens with one attached hydrogen (secondary N) is 1. The third-order valence-electron chi connectivity index (χ3n) is 3.10. The average molecular weight is 290 g/mol. The van der Waals surface area contributed by atoms with E-state index in [1.54, 1.807) is 11.3 Å². The fourth-order valence-electron chi connectivity index (χ4n) is 1.89. The van der Waals surface area contributed by atoms with Gasteiger partial charge in [0.05, 0.1) is 6.04 Å². The highest BCUT2D eigenvalue weighted by molar-refractivity contribution is 7.11. The van der Waals surface area contributed by atoms with Crippen LogP contribution in [-0.4, -0.2) is 15.0 Å². The summed E-state index contributed by atoms with van der Waals surface area (Å²) in [5, 5.41) is 4.44. The highest BCUT2D eigenvalue weighted by Gasteiger charge is 2.13. The summed E-state index contributed by atoms with van der Waals surface area (Å²) >= 11 is 1.75. The van der Waals surface area contributed by atoms with Crippen LogP contribution in [0.25, 0.3) is 0 Å². The first-order valence-electron chi connectivity index (χ1n) is 7.06. The maximum Gasteiger partial charge on any atom is 0.223 e. The average Bonchev–Trinajstić information content (AvgIpc) is 2.86. The van der Waals surface area contributed by atoms with Crippen LogP contribution in [0.2, 0.25) is 0 Å². The van der Waals surface area contributed by atoms with Gasteiger partial charge in [-0.1, -0.05) is 20.8 Å². The Balaban J connectivity index is 2.16. The standard InChI is InChI=1S/C15H22N4S/c1-6-12-8-16-14(20-12)11(5)18-15-17-10(4)7-13(19-15)9(2)3/h7-9,11H,6H2,1-5H3,(H,17,18,19). The van der Waals surface area contributed by atoms with Gasteiger partial charge >= 0.3 is 0 Å². The molecule has 0 saturated heterocycles. The van der Waals surface area contributed by atoms with Gasteiger partial charge in [-0.15, -0.1) is 11.3 Å². The lowest BCUT2D eigenvalue weighted by Gasteiger charge is -2.13. The SMILES string of the molecule is CCc1cnc(C(C)Nc2nc(C)cc(C(C)C)n2)s1. The minimum absolute atomic E-state index is 0.127. The van der Waals surface area contributed by atoms with E-state index in [4.69, 9.17) is 0 Å². The first-order chi connectivity index (χ1) is 9.49. The molecule has 0 aromatic carbocycles. The van der Waals surface area contributed by atoms with Gasteiger partial charge in [-0.25, -0.2) is 15.0 Å². The molecule has 1 N–H and O–H groups in total. The number of nitrogens with zero attached hydrogens (tertiary/aromatic N) is 3. The van der Waals surface area contributed by atoms with Gasteiger partial charge in [-0.2, -0.15) is 0 Å². The zero-order valence-electron chi connectivity index (χ0n) is 12.8. The van der Waals surface area contributed by atoms with Crippen molar-refractivity contribution < 1.29 is 0 Å². The molecule has 1 unspecified atom stereocenters. The summed E-state index contributed by atoms with van der Waals surface area (Å²) in [6, 6.07) is 2.17. The molecule has 0 bridgehead atoms. The van der Waals surface area contributed by atoms with Gasteiger partial charge in [-0.05, 0) is 32.3 Å². The highest BCUT2D eigenvalue weighted by atomic mass is 32.1. The highest BCUT2D eigenvalue weighted by Crippen LogP contribution is 2.23. The number of aromatic nitrogens is 3. The molecule has 0 radical (unpaired) electrons. The maximum absolute atomic E-state index is 4.58. The van der Waals surface area contributed by atoms with Crippen molar-refractivity contribution in [2.75, 3.05) is 5.32 Å². The topological polar surface area (TPSA) is 50.7 Å². The van der Waals surface area contributed by atoms with Crippen molar-refractivity contribution >= 4 is 17.3 Å². The molecular weight excluding hydrogens is 268 g/mol. The van der Waals surface area contributed by atoms with Gasteiger partial charge in [0.25, 0.3) is 0 Å². The second-order valence-electron chi connectivity index (χ2n) is 5.30. The van der Waals surface area contributed by atoms with Crippen LogP contribution in [0.1, 0.15) is 60.9 Å². The van der Waals surface area contributed by atoms with Crippen LogP contribution in [0.15, 0.2) is 12.3 Å². The van der Waals surface area contributed by atoms with Crippen molar-refractivity contribution in [3.63, 3.8) is 0 Å². The van der Waals surface area contributed by atoms with Crippen LogP contribution in [-0.2, 0) is 6.42 Å². The van der Waals surface area contributed by atoms with Gasteiger partial charge in [0.15, 0.2) is 0 Å². The van der Waals surface area contributed by atoms with Crippen LogP contribution in [0.5, 0.6) is 0 Å². The van der Waals surface area contributed by atoms with Crippen LogP contribution in [0.4, 0.5) is 5.95 Å². The first-order valence-corrected chi connectivity index (χ1v) is 7.88. The smallest absolute Gasteiger partial charge is 0.223 e. The minimum atomic E-state index is 0.127. The Morgan fingerprint density at radius 1 is 1.25 bits per heavy atom. The number of anilines is 1. The second-order valence-corrected chi connectivity index (χ2v) is 6.44. The van der Waals surface area contributed by atoms with E-state index in [9.17, 15) is 0 Å². The molecule has 0 aliphatic carbocycles. The van der Waals surface area contributed by atoms with E-state index in [-0.39, 0.29) is 6.04 Å². The fourth-order valence-corrected chi connectivity index (χ4v) is 2.75. The summed E-state index contributed by atoms with van der Waals surface area (Å²) in [4.78, 5) is 14.8. The Kier molecular flexibility index (Phi) is 4.70. The summed E-state index contributed by atoms with van der Waals surface area (Å²) in [6.45, 7) is 10.5. The van der Waals surface area contributed by atoms with E-state index in [2.05, 4.69) is 48.0 Å². The molecule has 0 saturated carbocycles. The predicted molar refractivity (Wildman–Crippen MR) is 84.4 cm³/mol. The Hall–Kier alpha value is -1.49. The minimum Gasteiger partial charge on any atom is -0.345 e. The van der Waals surface area contributed by atoms with Gasteiger partial charge in [-0.3, -0.25) is 0 Å². The van der Waals surface area contributed by atoms with Crippen molar-refractivity contribution in [1.82, 2.24) is 15.0 Å². The monoisotopic (exact) mass is 290 g/mol. The summed E-state index contributed by atoms with van der Waals surface area (Å²) in [6.07, 6.45) is 2.98. The zero-order valence-corrected chi connectivity index (χ0v) is 13.6. The molecule has 2 heterocycles. The maximum atomic E-state index is 4.58. The quantitative estimate of drug-likeness (QED) is 0.900. The molecule has 0 spiro atoms. The summed E-state index contributed by atoms with van der Waals surface area (Å²) in [5.74, 6) is 1.09. The molecular formula is C15H22N4S. The van der Waals surface area contributed by atoms with Crippen LogP contribution in [0, 0.1) is 6.92 Å². The lowest BCUT2D eigenvalue weighted by Crippen LogP contribution is -2.11. The Bertz CT molecular complexity index is 577. The molecule has 2 rings (SSSR count). The molecule has 0 aliphatic heterocycles. The fraction of sp³-hybridized carbons (Fsp3) is 0.533. The molecule has 4 nitrogen and oxygen atoms in total. The third-order valence-corrected chi connectivity index (χ3v) is 4.43. The summed E-state index contributed by atoms with van der Waals surface area (Å²) in [5.41, 5.74) is 2.06. The van der Waals surface area contributed by atoms with E-state index in [0.717, 1.165) is 22.8 Å². The number of thiazole rings is 1. The van der Waals surface area contributed by atoms with E-state index in [1.807, 2.05) is 19.2 Å². The van der Waals surface area contributed by atoms with E-state index < -0.39 is 0 Å². The van der Waals surface area contributed by atoms with Crippen molar-refractivity contribution in [3.8, 4) is 0 Å². The van der Waals surface area contributed by atoms with E-state index in [1.165, 1.54) is 4.88 Å². The summed E-state index contributed by atoms with van der Waals surface area (Å²) in [7, 11) is 0. The van der Waals surface area contributed by atoms with Gasteiger partial charge < -0.3 is 5.32 Å². The third kappa shape index (κ3) is 3.54. The normalized spacial score (nSPS) is 12.7. The molecule has 2 aromatic rings. The summed E-state index contributed by atoms with van der Waals surface area (Å²) < 4.78 is 0. The molecule has 0 aliphatic rings. The van der Waals surface area contributed by atoms with E-state index in [0.29, 0.717) is 11.9 Å². The van der Waals surface area contributed by atoms with Crippen molar-refractivity contribution in [1.29, 1.82) is 0 Å². The lowest BCUT2D eigenvalue weighted by molar-refractivity contribution is 0.791. The van der Waals surface area contributed by atoms with Crippen molar-refractivity contribution in [3.05, 3.63) is 33.5 Å². The van der Waals surface area contributed by atoms with Crippen LogP contribution < -0.4 is 5.32 Å². The molecule has 0 fully saturated rings. The van der Waals surface area contributed by atoms with Gasteiger partial charge in [0, 0.05) is 22.5 Å². The molecule has 108 valence electrons. The Morgan fingerprint density at radius 3 is 2.60 bits per heavy atom. The molecule has 1 atom stereocenters. The number of aryl methyl sites for hydroxylation is 2. The second kappa shape index (κ2) is 6.31. The Labute approximate surface area is 124 Å². The van der Waals surface area contributed by atoms with Gasteiger partial charge in [0.2, 0.25) is 5.95 Å². The molecule has 0 amide bonds. The largest absolute Gasteiger partial charge is 0.345 e. The zero-order chi connectivity index (χ0) is 14.7. The predicted octanol–water partition coefficient (Wildman–Crippen LogP) is 4.10. The Morgan fingerprint density at radius 2 is 2.00 bits per heavy atom. The van der Waals surface area contributed by atoms with Crippen molar-refractivity contribution in [2.24, 2.45) is 0 Å². The van der Waals surface area contributed by atoms with Gasteiger partial charge in [0.1, 0.15) is 5.01 Å². The van der Waals surface area contributed by atoms with Crippen LogP contribution >= 0.6 is 11.3 Å². The number of hydrogen-bond donors (Lipinski definition) is 1. The number of rotatable bonds is 5. The first kappa shape index (κ1) is 14.9. The molecule has 20 heavy (non-hydrogen) atoms.